The van der Waals surface area contributed by atoms with Gasteiger partial charge in [-0.05, 0) is 73.8 Å². The van der Waals surface area contributed by atoms with E-state index in [1.54, 1.807) is 14.2 Å². The third-order valence-electron chi connectivity index (χ3n) is 5.55. The van der Waals surface area contributed by atoms with Crippen LogP contribution >= 0.6 is 0 Å². The number of hydrogen-bond donors (Lipinski definition) is 0. The van der Waals surface area contributed by atoms with Gasteiger partial charge in [0, 0.05) is 32.0 Å². The summed E-state index contributed by atoms with van der Waals surface area (Å²) in [5.74, 6) is 1.60. The van der Waals surface area contributed by atoms with Gasteiger partial charge in [-0.1, -0.05) is 0 Å². The van der Waals surface area contributed by atoms with E-state index in [0.717, 1.165) is 56.8 Å². The summed E-state index contributed by atoms with van der Waals surface area (Å²) in [6.45, 7) is 3.52. The predicted octanol–water partition coefficient (Wildman–Crippen LogP) is 2.59. The molecular weight excluding hydrogens is 366 g/mol. The molecule has 29 heavy (non-hydrogen) atoms. The van der Waals surface area contributed by atoms with E-state index in [0.29, 0.717) is 12.2 Å². The SMILES string of the molecule is COc1cc2c(cc1OC)CC(=O)N(CCCN(C)CCc1ccncc1)CC2. The van der Waals surface area contributed by atoms with Crippen molar-refractivity contribution in [2.75, 3.05) is 47.4 Å². The van der Waals surface area contributed by atoms with Crippen LogP contribution in [0.25, 0.3) is 0 Å². The zero-order valence-corrected chi connectivity index (χ0v) is 17.7. The lowest BCUT2D eigenvalue weighted by molar-refractivity contribution is -0.130. The van der Waals surface area contributed by atoms with Gasteiger partial charge in [-0.3, -0.25) is 9.78 Å². The van der Waals surface area contributed by atoms with Crippen LogP contribution in [0.3, 0.4) is 0 Å². The first-order valence-corrected chi connectivity index (χ1v) is 10.2. The van der Waals surface area contributed by atoms with E-state index in [2.05, 4.69) is 29.1 Å². The molecular formula is C23H31N3O3. The van der Waals surface area contributed by atoms with Crippen LogP contribution in [0.1, 0.15) is 23.1 Å². The average molecular weight is 398 g/mol. The van der Waals surface area contributed by atoms with Crippen LogP contribution in [0.5, 0.6) is 11.5 Å². The molecule has 156 valence electrons. The molecule has 0 bridgehead atoms. The Bertz CT molecular complexity index is 811. The number of pyridine rings is 1. The molecule has 2 aromatic rings. The molecule has 2 heterocycles. The molecule has 0 saturated heterocycles. The first kappa shape index (κ1) is 21.1. The summed E-state index contributed by atoms with van der Waals surface area (Å²) >= 11 is 0. The summed E-state index contributed by atoms with van der Waals surface area (Å²) in [4.78, 5) is 21.1. The molecule has 1 amide bonds. The number of amides is 1. The molecule has 1 aromatic carbocycles. The molecule has 0 saturated carbocycles. The minimum Gasteiger partial charge on any atom is -0.493 e. The van der Waals surface area contributed by atoms with Gasteiger partial charge in [0.1, 0.15) is 0 Å². The minimum absolute atomic E-state index is 0.190. The Morgan fingerprint density at radius 1 is 1.07 bits per heavy atom. The highest BCUT2D eigenvalue weighted by Gasteiger charge is 2.22. The first-order chi connectivity index (χ1) is 14.1. The molecule has 0 aliphatic carbocycles. The fraction of sp³-hybridized carbons (Fsp3) is 0.478. The summed E-state index contributed by atoms with van der Waals surface area (Å²) in [6, 6.07) is 8.08. The number of hydrogen-bond acceptors (Lipinski definition) is 5. The van der Waals surface area contributed by atoms with E-state index < -0.39 is 0 Å². The number of likely N-dealkylation sites (N-methyl/N-ethyl adjacent to an activating group) is 1. The zero-order chi connectivity index (χ0) is 20.6. The second-order valence-corrected chi connectivity index (χ2v) is 7.55. The Hall–Kier alpha value is -2.60. The van der Waals surface area contributed by atoms with Crippen LogP contribution in [-0.2, 0) is 24.1 Å². The quantitative estimate of drug-likeness (QED) is 0.651. The number of rotatable bonds is 9. The molecule has 1 aliphatic heterocycles. The Kier molecular flexibility index (Phi) is 7.47. The molecule has 1 aliphatic rings. The Morgan fingerprint density at radius 3 is 2.45 bits per heavy atom. The number of nitrogens with zero attached hydrogens (tertiary/aromatic N) is 3. The van der Waals surface area contributed by atoms with Crippen molar-refractivity contribution >= 4 is 5.91 Å². The number of carbonyl (C=O) groups excluding carboxylic acids is 1. The first-order valence-electron chi connectivity index (χ1n) is 10.2. The summed E-state index contributed by atoms with van der Waals surface area (Å²) < 4.78 is 10.8. The summed E-state index contributed by atoms with van der Waals surface area (Å²) in [5.41, 5.74) is 3.52. The second kappa shape index (κ2) is 10.3. The second-order valence-electron chi connectivity index (χ2n) is 7.55. The highest BCUT2D eigenvalue weighted by atomic mass is 16.5. The van der Waals surface area contributed by atoms with Gasteiger partial charge in [-0.15, -0.1) is 0 Å². The normalized spacial score (nSPS) is 13.9. The van der Waals surface area contributed by atoms with Crippen LogP contribution < -0.4 is 9.47 Å². The molecule has 0 unspecified atom stereocenters. The fourth-order valence-electron chi connectivity index (χ4n) is 3.76. The van der Waals surface area contributed by atoms with E-state index in [-0.39, 0.29) is 5.91 Å². The smallest absolute Gasteiger partial charge is 0.227 e. The van der Waals surface area contributed by atoms with Crippen LogP contribution in [-0.4, -0.2) is 68.1 Å². The summed E-state index contributed by atoms with van der Waals surface area (Å²) in [6.07, 6.45) is 6.93. The average Bonchev–Trinajstić information content (AvgIpc) is 2.90. The van der Waals surface area contributed by atoms with Crippen molar-refractivity contribution in [2.24, 2.45) is 0 Å². The van der Waals surface area contributed by atoms with Crippen molar-refractivity contribution in [1.82, 2.24) is 14.8 Å². The lowest BCUT2D eigenvalue weighted by atomic mass is 10.0. The molecule has 6 nitrogen and oxygen atoms in total. The molecule has 0 radical (unpaired) electrons. The van der Waals surface area contributed by atoms with Gasteiger partial charge in [0.05, 0.1) is 20.6 Å². The van der Waals surface area contributed by atoms with Crippen molar-refractivity contribution in [2.45, 2.75) is 25.7 Å². The van der Waals surface area contributed by atoms with E-state index in [4.69, 9.17) is 9.47 Å². The summed E-state index contributed by atoms with van der Waals surface area (Å²) in [5, 5.41) is 0. The molecule has 0 N–H and O–H groups in total. The standard InChI is InChI=1S/C23H31N3O3/c1-25(13-7-18-5-9-24-10-6-18)11-4-12-26-14-8-19-15-21(28-2)22(29-3)16-20(19)17-23(26)27/h5-6,9-10,15-16H,4,7-8,11-14,17H2,1-3H3. The largest absolute Gasteiger partial charge is 0.493 e. The van der Waals surface area contributed by atoms with E-state index in [1.807, 2.05) is 29.4 Å². The Balaban J connectivity index is 1.49. The van der Waals surface area contributed by atoms with Gasteiger partial charge in [-0.2, -0.15) is 0 Å². The molecule has 0 fully saturated rings. The third-order valence-corrected chi connectivity index (χ3v) is 5.55. The number of carbonyl (C=O) groups is 1. The molecule has 0 spiro atoms. The molecule has 6 heteroatoms. The van der Waals surface area contributed by atoms with E-state index in [9.17, 15) is 4.79 Å². The maximum Gasteiger partial charge on any atom is 0.227 e. The lowest BCUT2D eigenvalue weighted by Crippen LogP contribution is -2.35. The number of methoxy groups -OCH3 is 2. The number of ether oxygens (including phenoxy) is 2. The van der Waals surface area contributed by atoms with Gasteiger partial charge in [-0.25, -0.2) is 0 Å². The predicted molar refractivity (Wildman–Crippen MR) is 114 cm³/mol. The molecule has 1 aromatic heterocycles. The maximum absolute atomic E-state index is 12.8. The van der Waals surface area contributed by atoms with Crippen LogP contribution in [0.2, 0.25) is 0 Å². The summed E-state index contributed by atoms with van der Waals surface area (Å²) in [7, 11) is 5.41. The lowest BCUT2D eigenvalue weighted by Gasteiger charge is -2.22. The van der Waals surface area contributed by atoms with Crippen LogP contribution in [0.15, 0.2) is 36.7 Å². The number of fused-ring (bicyclic) bond motifs is 1. The topological polar surface area (TPSA) is 54.9 Å². The molecule has 0 atom stereocenters. The van der Waals surface area contributed by atoms with Gasteiger partial charge in [0.15, 0.2) is 11.5 Å². The molecule has 3 rings (SSSR count). The third kappa shape index (κ3) is 5.70. The van der Waals surface area contributed by atoms with Gasteiger partial charge >= 0.3 is 0 Å². The monoisotopic (exact) mass is 397 g/mol. The minimum atomic E-state index is 0.190. The van der Waals surface area contributed by atoms with Crippen LogP contribution in [0, 0.1) is 0 Å². The Labute approximate surface area is 173 Å². The number of aromatic nitrogens is 1. The highest BCUT2D eigenvalue weighted by Crippen LogP contribution is 2.32. The van der Waals surface area contributed by atoms with Crippen molar-refractivity contribution in [3.63, 3.8) is 0 Å². The Morgan fingerprint density at radius 2 is 1.76 bits per heavy atom. The van der Waals surface area contributed by atoms with Gasteiger partial charge in [0.2, 0.25) is 5.91 Å². The maximum atomic E-state index is 12.8. The van der Waals surface area contributed by atoms with Gasteiger partial charge < -0.3 is 19.3 Å². The highest BCUT2D eigenvalue weighted by molar-refractivity contribution is 5.80. The van der Waals surface area contributed by atoms with Gasteiger partial charge in [0.25, 0.3) is 0 Å². The van der Waals surface area contributed by atoms with E-state index >= 15 is 0 Å². The van der Waals surface area contributed by atoms with Crippen molar-refractivity contribution < 1.29 is 14.3 Å². The fourth-order valence-corrected chi connectivity index (χ4v) is 3.76. The van der Waals surface area contributed by atoms with Crippen molar-refractivity contribution in [1.29, 1.82) is 0 Å². The van der Waals surface area contributed by atoms with Crippen molar-refractivity contribution in [3.8, 4) is 11.5 Å². The zero-order valence-electron chi connectivity index (χ0n) is 17.7. The van der Waals surface area contributed by atoms with Crippen LogP contribution in [0.4, 0.5) is 0 Å². The van der Waals surface area contributed by atoms with Crippen molar-refractivity contribution in [3.05, 3.63) is 53.3 Å². The van der Waals surface area contributed by atoms with E-state index in [1.165, 1.54) is 11.1 Å². The number of benzene rings is 1.